The second-order valence-corrected chi connectivity index (χ2v) is 6.07. The monoisotopic (exact) mass is 234 g/mol. The maximum atomic E-state index is 11.3. The van der Waals surface area contributed by atoms with Gasteiger partial charge in [0, 0.05) is 6.04 Å². The molecular weight excluding hydrogens is 216 g/mol. The van der Waals surface area contributed by atoms with Crippen molar-refractivity contribution in [2.75, 3.05) is 24.6 Å². The first-order valence-electron chi connectivity index (χ1n) is 5.24. The molecule has 15 heavy (non-hydrogen) atoms. The summed E-state index contributed by atoms with van der Waals surface area (Å²) in [5, 5.41) is 5.68. The maximum Gasteiger partial charge on any atom is 0.234 e. The van der Waals surface area contributed by atoms with Crippen molar-refractivity contribution in [1.29, 1.82) is 0 Å². The lowest BCUT2D eigenvalue weighted by Gasteiger charge is -2.10. The van der Waals surface area contributed by atoms with Gasteiger partial charge in [0.1, 0.15) is 0 Å². The third kappa shape index (κ3) is 4.61. The van der Waals surface area contributed by atoms with E-state index >= 15 is 0 Å². The number of hydrogen-bond donors (Lipinski definition) is 2. The average Bonchev–Trinajstić information content (AvgIpc) is 2.46. The first-order chi connectivity index (χ1) is 7.03. The Hall–Kier alpha value is -0.620. The second kappa shape index (κ2) is 5.46. The zero-order valence-electron chi connectivity index (χ0n) is 8.95. The van der Waals surface area contributed by atoms with Crippen LogP contribution in [0.5, 0.6) is 0 Å². The van der Waals surface area contributed by atoms with Crippen molar-refractivity contribution < 1.29 is 13.2 Å². The molecule has 1 fully saturated rings. The van der Waals surface area contributed by atoms with Gasteiger partial charge in [-0.15, -0.1) is 0 Å². The molecule has 1 saturated heterocycles. The van der Waals surface area contributed by atoms with Gasteiger partial charge in [-0.1, -0.05) is 6.92 Å². The Morgan fingerprint density at radius 3 is 2.73 bits per heavy atom. The largest absolute Gasteiger partial charge is 0.351 e. The highest BCUT2D eigenvalue weighted by molar-refractivity contribution is 7.91. The third-order valence-corrected chi connectivity index (χ3v) is 4.08. The smallest absolute Gasteiger partial charge is 0.234 e. The molecule has 0 saturated carbocycles. The maximum absolute atomic E-state index is 11.3. The van der Waals surface area contributed by atoms with Crippen LogP contribution in [0.1, 0.15) is 19.8 Å². The summed E-state index contributed by atoms with van der Waals surface area (Å²) in [7, 11) is -2.90. The second-order valence-electron chi connectivity index (χ2n) is 3.84. The van der Waals surface area contributed by atoms with Crippen LogP contribution in [0.25, 0.3) is 0 Å². The molecule has 88 valence electrons. The summed E-state index contributed by atoms with van der Waals surface area (Å²) in [6.45, 7) is 3.09. The van der Waals surface area contributed by atoms with Crippen molar-refractivity contribution in [1.82, 2.24) is 10.6 Å². The van der Waals surface area contributed by atoms with Gasteiger partial charge in [-0.2, -0.15) is 0 Å². The van der Waals surface area contributed by atoms with E-state index in [2.05, 4.69) is 10.6 Å². The Labute approximate surface area is 90.5 Å². The van der Waals surface area contributed by atoms with Gasteiger partial charge < -0.3 is 10.6 Å². The van der Waals surface area contributed by atoms with Crippen LogP contribution in [0.4, 0.5) is 0 Å². The molecule has 0 radical (unpaired) electrons. The molecule has 0 aromatic heterocycles. The van der Waals surface area contributed by atoms with Crippen molar-refractivity contribution in [3.63, 3.8) is 0 Å². The SMILES string of the molecule is CCCNCC(=O)NC1CCS(=O)(=O)C1. The molecule has 1 heterocycles. The molecule has 0 bridgehead atoms. The molecule has 1 atom stereocenters. The summed E-state index contributed by atoms with van der Waals surface area (Å²) in [6.07, 6.45) is 1.52. The quantitative estimate of drug-likeness (QED) is 0.616. The highest BCUT2D eigenvalue weighted by atomic mass is 32.2. The molecule has 0 aliphatic carbocycles. The molecule has 0 aromatic rings. The minimum Gasteiger partial charge on any atom is -0.351 e. The van der Waals surface area contributed by atoms with E-state index in [1.165, 1.54) is 0 Å². The minimum atomic E-state index is -2.90. The van der Waals surface area contributed by atoms with Gasteiger partial charge in [0.2, 0.25) is 5.91 Å². The molecule has 5 nitrogen and oxygen atoms in total. The zero-order chi connectivity index (χ0) is 11.3. The van der Waals surface area contributed by atoms with Gasteiger partial charge in [0.25, 0.3) is 0 Å². The van der Waals surface area contributed by atoms with Crippen LogP contribution < -0.4 is 10.6 Å². The predicted octanol–water partition coefficient (Wildman–Crippen LogP) is -0.711. The van der Waals surface area contributed by atoms with Crippen molar-refractivity contribution >= 4 is 15.7 Å². The van der Waals surface area contributed by atoms with Gasteiger partial charge in [0.05, 0.1) is 18.1 Å². The predicted molar refractivity (Wildman–Crippen MR) is 58.4 cm³/mol. The van der Waals surface area contributed by atoms with Crippen LogP contribution in [0.3, 0.4) is 0 Å². The Morgan fingerprint density at radius 2 is 2.20 bits per heavy atom. The summed E-state index contributed by atoms with van der Waals surface area (Å²) in [5.74, 6) is 0.165. The van der Waals surface area contributed by atoms with E-state index in [-0.39, 0.29) is 30.0 Å². The van der Waals surface area contributed by atoms with E-state index in [1.54, 1.807) is 0 Å². The van der Waals surface area contributed by atoms with Crippen LogP contribution in [-0.4, -0.2) is 45.0 Å². The fourth-order valence-electron chi connectivity index (χ4n) is 1.57. The van der Waals surface area contributed by atoms with Crippen molar-refractivity contribution in [3.8, 4) is 0 Å². The van der Waals surface area contributed by atoms with Crippen molar-refractivity contribution in [3.05, 3.63) is 0 Å². The van der Waals surface area contributed by atoms with Crippen LogP contribution in [0.15, 0.2) is 0 Å². The van der Waals surface area contributed by atoms with Crippen molar-refractivity contribution in [2.45, 2.75) is 25.8 Å². The Bertz CT molecular complexity index is 313. The molecule has 0 aromatic carbocycles. The fourth-order valence-corrected chi connectivity index (χ4v) is 3.24. The lowest BCUT2D eigenvalue weighted by molar-refractivity contribution is -0.120. The number of carbonyl (C=O) groups is 1. The molecule has 1 amide bonds. The summed E-state index contributed by atoms with van der Waals surface area (Å²) in [5.41, 5.74) is 0. The number of sulfone groups is 1. The first kappa shape index (κ1) is 12.4. The highest BCUT2D eigenvalue weighted by Gasteiger charge is 2.28. The molecule has 1 unspecified atom stereocenters. The van der Waals surface area contributed by atoms with E-state index in [0.29, 0.717) is 6.42 Å². The normalized spacial score (nSPS) is 23.9. The molecule has 2 N–H and O–H groups in total. The molecule has 1 aliphatic rings. The summed E-state index contributed by atoms with van der Waals surface area (Å²) in [6, 6.07) is -0.189. The molecule has 0 spiro atoms. The van der Waals surface area contributed by atoms with Crippen molar-refractivity contribution in [2.24, 2.45) is 0 Å². The first-order valence-corrected chi connectivity index (χ1v) is 7.06. The van der Waals surface area contributed by atoms with Crippen LogP contribution >= 0.6 is 0 Å². The highest BCUT2D eigenvalue weighted by Crippen LogP contribution is 2.10. The number of carbonyl (C=O) groups excluding carboxylic acids is 1. The van der Waals surface area contributed by atoms with Gasteiger partial charge in [-0.3, -0.25) is 4.79 Å². The lowest BCUT2D eigenvalue weighted by Crippen LogP contribution is -2.41. The number of amides is 1. The van der Waals surface area contributed by atoms with E-state index in [1.807, 2.05) is 6.92 Å². The van der Waals surface area contributed by atoms with Gasteiger partial charge in [-0.05, 0) is 19.4 Å². The number of nitrogens with one attached hydrogen (secondary N) is 2. The number of rotatable bonds is 5. The van der Waals surface area contributed by atoms with E-state index in [0.717, 1.165) is 13.0 Å². The molecule has 1 aliphatic heterocycles. The number of hydrogen-bond acceptors (Lipinski definition) is 4. The van der Waals surface area contributed by atoms with Gasteiger partial charge in [0.15, 0.2) is 9.84 Å². The van der Waals surface area contributed by atoms with E-state index in [4.69, 9.17) is 0 Å². The third-order valence-electron chi connectivity index (χ3n) is 2.31. The lowest BCUT2D eigenvalue weighted by atomic mass is 10.2. The van der Waals surface area contributed by atoms with E-state index < -0.39 is 9.84 Å². The summed E-state index contributed by atoms with van der Waals surface area (Å²) >= 11 is 0. The Morgan fingerprint density at radius 1 is 1.47 bits per heavy atom. The average molecular weight is 234 g/mol. The molecule has 1 rings (SSSR count). The summed E-state index contributed by atoms with van der Waals surface area (Å²) < 4.78 is 22.2. The minimum absolute atomic E-state index is 0.0898. The van der Waals surface area contributed by atoms with Gasteiger partial charge >= 0.3 is 0 Å². The molecule has 6 heteroatoms. The standard InChI is InChI=1S/C9H18N2O3S/c1-2-4-10-6-9(12)11-8-3-5-15(13,14)7-8/h8,10H,2-7H2,1H3,(H,11,12). The van der Waals surface area contributed by atoms with Crippen LogP contribution in [0.2, 0.25) is 0 Å². The van der Waals surface area contributed by atoms with Crippen LogP contribution in [0, 0.1) is 0 Å². The van der Waals surface area contributed by atoms with E-state index in [9.17, 15) is 13.2 Å². The summed E-state index contributed by atoms with van der Waals surface area (Å²) in [4.78, 5) is 11.3. The molecular formula is C9H18N2O3S. The Balaban J connectivity index is 2.22. The topological polar surface area (TPSA) is 75.3 Å². The Kier molecular flexibility index (Phi) is 4.53. The fraction of sp³-hybridized carbons (Fsp3) is 0.889. The van der Waals surface area contributed by atoms with Gasteiger partial charge in [-0.25, -0.2) is 8.42 Å². The van der Waals surface area contributed by atoms with Crippen LogP contribution in [-0.2, 0) is 14.6 Å². The zero-order valence-corrected chi connectivity index (χ0v) is 9.77.